The molecule has 112 valence electrons. The van der Waals surface area contributed by atoms with E-state index in [4.69, 9.17) is 14.2 Å². The molecule has 1 aromatic carbocycles. The summed E-state index contributed by atoms with van der Waals surface area (Å²) < 4.78 is 17.3. The van der Waals surface area contributed by atoms with Gasteiger partial charge in [0.15, 0.2) is 17.3 Å². The van der Waals surface area contributed by atoms with Crippen LogP contribution in [-0.4, -0.2) is 41.9 Å². The van der Waals surface area contributed by atoms with Crippen LogP contribution >= 0.6 is 0 Å². The first-order valence-electron chi connectivity index (χ1n) is 6.27. The lowest BCUT2D eigenvalue weighted by Gasteiger charge is -2.15. The Hall–Kier alpha value is -2.57. The van der Waals surface area contributed by atoms with Crippen LogP contribution < -0.4 is 14.2 Å². The van der Waals surface area contributed by atoms with Gasteiger partial charge in [-0.1, -0.05) is 0 Å². The highest BCUT2D eigenvalue weighted by atomic mass is 16.5. The lowest BCUT2D eigenvalue weighted by Crippen LogP contribution is -2.11. The number of rotatable bonds is 6. The number of hydrogen-bond acceptors (Lipinski definition) is 6. The second-order valence-corrected chi connectivity index (χ2v) is 4.28. The van der Waals surface area contributed by atoms with Crippen LogP contribution in [-0.2, 0) is 13.5 Å². The van der Waals surface area contributed by atoms with Gasteiger partial charge in [0.2, 0.25) is 5.75 Å². The number of benzene rings is 1. The van der Waals surface area contributed by atoms with Gasteiger partial charge in [0.1, 0.15) is 12.2 Å². The average Bonchev–Trinajstić information content (AvgIpc) is 2.90. The summed E-state index contributed by atoms with van der Waals surface area (Å²) in [6.45, 7) is 0. The van der Waals surface area contributed by atoms with Crippen molar-refractivity contribution in [3.8, 4) is 17.2 Å². The molecular formula is C14H17N3O4. The minimum absolute atomic E-state index is 0.127. The first kappa shape index (κ1) is 14.8. The fourth-order valence-corrected chi connectivity index (χ4v) is 2.04. The van der Waals surface area contributed by atoms with Crippen LogP contribution in [0.1, 0.15) is 16.2 Å². The molecule has 0 unspecified atom stereocenters. The van der Waals surface area contributed by atoms with E-state index in [1.54, 1.807) is 23.9 Å². The van der Waals surface area contributed by atoms with Crippen LogP contribution in [0.25, 0.3) is 0 Å². The minimum atomic E-state index is -0.135. The third-order valence-corrected chi connectivity index (χ3v) is 3.13. The molecule has 1 heterocycles. The molecule has 0 saturated carbocycles. The zero-order valence-corrected chi connectivity index (χ0v) is 12.4. The predicted octanol–water partition coefficient (Wildman–Crippen LogP) is 1.27. The Morgan fingerprint density at radius 1 is 1.14 bits per heavy atom. The molecule has 0 saturated heterocycles. The molecule has 0 amide bonds. The molecule has 0 bridgehead atoms. The monoisotopic (exact) mass is 291 g/mol. The lowest BCUT2D eigenvalue weighted by molar-refractivity contribution is 0.0986. The molecule has 7 nitrogen and oxygen atoms in total. The molecule has 1 aromatic heterocycles. The number of nitrogens with zero attached hydrogens (tertiary/aromatic N) is 3. The minimum Gasteiger partial charge on any atom is -0.493 e. The van der Waals surface area contributed by atoms with Crippen molar-refractivity contribution in [1.29, 1.82) is 0 Å². The van der Waals surface area contributed by atoms with Crippen molar-refractivity contribution in [3.63, 3.8) is 0 Å². The van der Waals surface area contributed by atoms with Crippen molar-refractivity contribution < 1.29 is 19.0 Å². The average molecular weight is 291 g/mol. The number of carbonyl (C=O) groups is 1. The normalized spacial score (nSPS) is 10.3. The highest BCUT2D eigenvalue weighted by Gasteiger charge is 2.21. The number of hydrogen-bond donors (Lipinski definition) is 0. The van der Waals surface area contributed by atoms with Gasteiger partial charge in [0, 0.05) is 7.05 Å². The van der Waals surface area contributed by atoms with Gasteiger partial charge in [-0.05, 0) is 12.1 Å². The van der Waals surface area contributed by atoms with Crippen molar-refractivity contribution in [3.05, 3.63) is 29.8 Å². The maximum atomic E-state index is 12.5. The van der Waals surface area contributed by atoms with E-state index in [-0.39, 0.29) is 12.2 Å². The first-order valence-corrected chi connectivity index (χ1v) is 6.27. The summed E-state index contributed by atoms with van der Waals surface area (Å²) in [6.07, 6.45) is 1.54. The first-order chi connectivity index (χ1) is 10.1. The van der Waals surface area contributed by atoms with Gasteiger partial charge in [-0.3, -0.25) is 9.48 Å². The summed E-state index contributed by atoms with van der Waals surface area (Å²) in [5.41, 5.74) is 0.415. The number of aromatic nitrogens is 3. The van der Waals surface area contributed by atoms with E-state index in [2.05, 4.69) is 10.1 Å². The fourth-order valence-electron chi connectivity index (χ4n) is 2.04. The standard InChI is InChI=1S/C14H17N3O4/c1-17-12(15-8-16-17)7-10(18)9-5-6-11(19-2)14(21-4)13(9)20-3/h5-6,8H,7H2,1-4H3. The van der Waals surface area contributed by atoms with Crippen LogP contribution in [0.15, 0.2) is 18.5 Å². The van der Waals surface area contributed by atoms with E-state index in [9.17, 15) is 4.79 Å². The summed E-state index contributed by atoms with van der Waals surface area (Å²) in [6, 6.07) is 3.32. The van der Waals surface area contributed by atoms with Crippen molar-refractivity contribution in [2.75, 3.05) is 21.3 Å². The summed E-state index contributed by atoms with van der Waals surface area (Å²) >= 11 is 0. The second kappa shape index (κ2) is 6.25. The van der Waals surface area contributed by atoms with Gasteiger partial charge in [0.25, 0.3) is 0 Å². The van der Waals surface area contributed by atoms with E-state index >= 15 is 0 Å². The molecule has 0 N–H and O–H groups in total. The highest BCUT2D eigenvalue weighted by molar-refractivity contribution is 6.00. The van der Waals surface area contributed by atoms with Gasteiger partial charge in [-0.2, -0.15) is 5.10 Å². The van der Waals surface area contributed by atoms with Crippen LogP contribution in [0.5, 0.6) is 17.2 Å². The van der Waals surface area contributed by atoms with Crippen molar-refractivity contribution in [1.82, 2.24) is 14.8 Å². The molecule has 7 heteroatoms. The number of Topliss-reactive ketones (excluding diaryl/α,β-unsaturated/α-hetero) is 1. The third kappa shape index (κ3) is 2.81. The Kier molecular flexibility index (Phi) is 4.42. The second-order valence-electron chi connectivity index (χ2n) is 4.28. The SMILES string of the molecule is COc1ccc(C(=O)Cc2ncnn2C)c(OC)c1OC. The van der Waals surface area contributed by atoms with Crippen LogP contribution in [0.4, 0.5) is 0 Å². The smallest absolute Gasteiger partial charge is 0.204 e. The zero-order chi connectivity index (χ0) is 15.4. The predicted molar refractivity (Wildman–Crippen MR) is 75.1 cm³/mol. The van der Waals surface area contributed by atoms with E-state index in [0.29, 0.717) is 28.6 Å². The molecule has 0 radical (unpaired) electrons. The third-order valence-electron chi connectivity index (χ3n) is 3.13. The van der Waals surface area contributed by atoms with Gasteiger partial charge in [0.05, 0.1) is 33.3 Å². The lowest BCUT2D eigenvalue weighted by atomic mass is 10.1. The topological polar surface area (TPSA) is 75.5 Å². The summed E-state index contributed by atoms with van der Waals surface area (Å²) in [4.78, 5) is 16.5. The molecule has 0 atom stereocenters. The Bertz CT molecular complexity index is 652. The highest BCUT2D eigenvalue weighted by Crippen LogP contribution is 2.40. The fraction of sp³-hybridized carbons (Fsp3) is 0.357. The Labute approximate surface area is 122 Å². The Morgan fingerprint density at radius 3 is 2.38 bits per heavy atom. The van der Waals surface area contributed by atoms with E-state index in [1.165, 1.54) is 27.7 Å². The van der Waals surface area contributed by atoms with Crippen LogP contribution in [0, 0.1) is 0 Å². The van der Waals surface area contributed by atoms with E-state index < -0.39 is 0 Å². The van der Waals surface area contributed by atoms with E-state index in [1.807, 2.05) is 0 Å². The number of methoxy groups -OCH3 is 3. The molecule has 0 spiro atoms. The maximum Gasteiger partial charge on any atom is 0.204 e. The quantitative estimate of drug-likeness (QED) is 0.746. The summed E-state index contributed by atoms with van der Waals surface area (Å²) in [7, 11) is 6.24. The largest absolute Gasteiger partial charge is 0.493 e. The van der Waals surface area contributed by atoms with Gasteiger partial charge in [-0.15, -0.1) is 0 Å². The van der Waals surface area contributed by atoms with Crippen LogP contribution in [0.3, 0.4) is 0 Å². The molecule has 0 aliphatic rings. The molecule has 0 aliphatic heterocycles. The van der Waals surface area contributed by atoms with Crippen molar-refractivity contribution >= 4 is 5.78 Å². The van der Waals surface area contributed by atoms with Crippen molar-refractivity contribution in [2.45, 2.75) is 6.42 Å². The van der Waals surface area contributed by atoms with Crippen LogP contribution in [0.2, 0.25) is 0 Å². The molecule has 2 aromatic rings. The molecule has 0 fully saturated rings. The number of ether oxygens (including phenoxy) is 3. The molecular weight excluding hydrogens is 274 g/mol. The van der Waals surface area contributed by atoms with Gasteiger partial charge < -0.3 is 14.2 Å². The number of carbonyl (C=O) groups excluding carboxylic acids is 1. The molecule has 2 rings (SSSR count). The zero-order valence-electron chi connectivity index (χ0n) is 12.4. The Balaban J connectivity index is 2.39. The summed E-state index contributed by atoms with van der Waals surface area (Å²) in [5.74, 6) is 1.69. The molecule has 21 heavy (non-hydrogen) atoms. The number of aryl methyl sites for hydroxylation is 1. The van der Waals surface area contributed by atoms with Crippen molar-refractivity contribution in [2.24, 2.45) is 7.05 Å². The van der Waals surface area contributed by atoms with E-state index in [0.717, 1.165) is 0 Å². The summed E-state index contributed by atoms with van der Waals surface area (Å²) in [5, 5.41) is 3.94. The van der Waals surface area contributed by atoms with Gasteiger partial charge >= 0.3 is 0 Å². The Morgan fingerprint density at radius 2 is 1.86 bits per heavy atom. The number of ketones is 1. The molecule has 0 aliphatic carbocycles. The maximum absolute atomic E-state index is 12.5. The van der Waals surface area contributed by atoms with Gasteiger partial charge in [-0.25, -0.2) is 4.98 Å².